The number of benzene rings is 2. The predicted octanol–water partition coefficient (Wildman–Crippen LogP) is 4.69. The van der Waals surface area contributed by atoms with Crippen molar-refractivity contribution in [2.75, 3.05) is 5.32 Å². The van der Waals surface area contributed by atoms with E-state index in [1.54, 1.807) is 0 Å². The summed E-state index contributed by atoms with van der Waals surface area (Å²) in [6, 6.07) is 14.0. The number of nitrogens with one attached hydrogen (secondary N) is 2. The summed E-state index contributed by atoms with van der Waals surface area (Å²) in [6.07, 6.45) is 0.735. The fourth-order valence-electron chi connectivity index (χ4n) is 2.53. The van der Waals surface area contributed by atoms with Gasteiger partial charge in [-0.05, 0) is 49.6 Å². The number of carbonyl (C=O) groups excluding carboxylic acids is 1. The molecule has 1 unspecified atom stereocenters. The average molecular weight is 339 g/mol. The maximum absolute atomic E-state index is 12.7. The zero-order chi connectivity index (χ0) is 17.1. The van der Waals surface area contributed by atoms with Gasteiger partial charge in [-0.1, -0.05) is 43.0 Å². The van der Waals surface area contributed by atoms with Gasteiger partial charge in [0, 0.05) is 5.69 Å². The Labute approximate surface area is 146 Å². The molecule has 0 radical (unpaired) electrons. The molecule has 2 aromatic carbocycles. The molecular formula is C19H21N3OS. The van der Waals surface area contributed by atoms with E-state index in [4.69, 9.17) is 0 Å². The Kier molecular flexibility index (Phi) is 4.90. The second-order valence-electron chi connectivity index (χ2n) is 5.88. The van der Waals surface area contributed by atoms with Crippen LogP contribution in [-0.4, -0.2) is 21.1 Å². The van der Waals surface area contributed by atoms with Crippen molar-refractivity contribution >= 4 is 34.4 Å². The van der Waals surface area contributed by atoms with Crippen molar-refractivity contribution in [2.45, 2.75) is 37.6 Å². The van der Waals surface area contributed by atoms with Gasteiger partial charge in [-0.2, -0.15) is 0 Å². The van der Waals surface area contributed by atoms with Crippen LogP contribution in [0.5, 0.6) is 0 Å². The van der Waals surface area contributed by atoms with Gasteiger partial charge in [0.25, 0.3) is 0 Å². The molecule has 1 heterocycles. The molecule has 1 amide bonds. The van der Waals surface area contributed by atoms with Gasteiger partial charge in [-0.3, -0.25) is 4.79 Å². The van der Waals surface area contributed by atoms with Crippen molar-refractivity contribution in [2.24, 2.45) is 0 Å². The summed E-state index contributed by atoms with van der Waals surface area (Å²) in [7, 11) is 0. The minimum absolute atomic E-state index is 0.0108. The lowest BCUT2D eigenvalue weighted by atomic mass is 10.1. The van der Waals surface area contributed by atoms with Gasteiger partial charge in [0.15, 0.2) is 5.16 Å². The van der Waals surface area contributed by atoms with Gasteiger partial charge < -0.3 is 10.3 Å². The number of hydrogen-bond acceptors (Lipinski definition) is 3. The number of H-pyrrole nitrogens is 1. The number of anilines is 1. The Morgan fingerprint density at radius 2 is 2.04 bits per heavy atom. The van der Waals surface area contributed by atoms with Gasteiger partial charge in [0.1, 0.15) is 0 Å². The number of carbonyl (C=O) groups is 1. The SMILES string of the molecule is CCC(Sc1nc2ccccc2[nH]1)C(=O)Nc1cc(C)ccc1C. The van der Waals surface area contributed by atoms with Crippen molar-refractivity contribution in [3.63, 3.8) is 0 Å². The number of fused-ring (bicyclic) bond motifs is 1. The lowest BCUT2D eigenvalue weighted by Gasteiger charge is -2.15. The van der Waals surface area contributed by atoms with E-state index in [0.717, 1.165) is 39.4 Å². The van der Waals surface area contributed by atoms with Gasteiger partial charge in [0.2, 0.25) is 5.91 Å². The molecule has 0 saturated carbocycles. The molecule has 3 aromatic rings. The molecule has 0 fully saturated rings. The fourth-order valence-corrected chi connectivity index (χ4v) is 3.45. The third-order valence-electron chi connectivity index (χ3n) is 3.94. The lowest BCUT2D eigenvalue weighted by molar-refractivity contribution is -0.115. The molecule has 3 rings (SSSR count). The minimum Gasteiger partial charge on any atom is -0.333 e. The Hall–Kier alpha value is -2.27. The van der Waals surface area contributed by atoms with Gasteiger partial charge >= 0.3 is 0 Å². The van der Waals surface area contributed by atoms with E-state index in [9.17, 15) is 4.79 Å². The van der Waals surface area contributed by atoms with Crippen LogP contribution in [0.15, 0.2) is 47.6 Å². The van der Waals surface area contributed by atoms with Crippen molar-refractivity contribution in [3.8, 4) is 0 Å². The summed E-state index contributed by atoms with van der Waals surface area (Å²) in [5.41, 5.74) is 4.99. The van der Waals surface area contributed by atoms with Gasteiger partial charge in [-0.25, -0.2) is 4.98 Å². The zero-order valence-corrected chi connectivity index (χ0v) is 14.9. The number of nitrogens with zero attached hydrogens (tertiary/aromatic N) is 1. The van der Waals surface area contributed by atoms with Crippen LogP contribution in [0, 0.1) is 13.8 Å². The Morgan fingerprint density at radius 3 is 2.79 bits per heavy atom. The summed E-state index contributed by atoms with van der Waals surface area (Å²) in [4.78, 5) is 20.5. The van der Waals surface area contributed by atoms with Crippen molar-refractivity contribution < 1.29 is 4.79 Å². The molecule has 2 N–H and O–H groups in total. The third-order valence-corrected chi connectivity index (χ3v) is 5.18. The van der Waals surface area contributed by atoms with Gasteiger partial charge in [0.05, 0.1) is 16.3 Å². The molecule has 0 aliphatic carbocycles. The van der Waals surface area contributed by atoms with Crippen LogP contribution in [0.2, 0.25) is 0 Å². The Balaban J connectivity index is 1.75. The minimum atomic E-state index is -0.189. The highest BCUT2D eigenvalue weighted by molar-refractivity contribution is 8.00. The maximum Gasteiger partial charge on any atom is 0.237 e. The molecule has 0 spiro atoms. The lowest BCUT2D eigenvalue weighted by Crippen LogP contribution is -2.25. The summed E-state index contributed by atoms with van der Waals surface area (Å²) in [5, 5.41) is 3.64. The van der Waals surface area contributed by atoms with E-state index in [1.165, 1.54) is 11.8 Å². The molecule has 5 heteroatoms. The van der Waals surface area contributed by atoms with E-state index in [0.29, 0.717) is 0 Å². The largest absolute Gasteiger partial charge is 0.333 e. The number of aromatic nitrogens is 2. The van der Waals surface area contributed by atoms with Crippen molar-refractivity contribution in [1.29, 1.82) is 0 Å². The van der Waals surface area contributed by atoms with E-state index in [-0.39, 0.29) is 11.2 Å². The van der Waals surface area contributed by atoms with Crippen LogP contribution in [0.3, 0.4) is 0 Å². The van der Waals surface area contributed by atoms with E-state index in [2.05, 4.69) is 15.3 Å². The van der Waals surface area contributed by atoms with Crippen LogP contribution in [0.25, 0.3) is 11.0 Å². The Morgan fingerprint density at radius 1 is 1.25 bits per heavy atom. The molecule has 0 aliphatic heterocycles. The number of para-hydroxylation sites is 2. The van der Waals surface area contributed by atoms with Gasteiger partial charge in [-0.15, -0.1) is 0 Å². The monoisotopic (exact) mass is 339 g/mol. The first-order valence-corrected chi connectivity index (χ1v) is 8.94. The highest BCUT2D eigenvalue weighted by atomic mass is 32.2. The average Bonchev–Trinajstić information content (AvgIpc) is 2.98. The Bertz CT molecular complexity index is 839. The topological polar surface area (TPSA) is 57.8 Å². The zero-order valence-electron chi connectivity index (χ0n) is 14.1. The third kappa shape index (κ3) is 3.62. The second-order valence-corrected chi connectivity index (χ2v) is 7.07. The molecule has 1 aromatic heterocycles. The molecule has 124 valence electrons. The second kappa shape index (κ2) is 7.09. The van der Waals surface area contributed by atoms with E-state index < -0.39 is 0 Å². The summed E-state index contributed by atoms with van der Waals surface area (Å²) < 4.78 is 0. The first-order chi connectivity index (χ1) is 11.6. The van der Waals surface area contributed by atoms with Crippen molar-refractivity contribution in [1.82, 2.24) is 9.97 Å². The van der Waals surface area contributed by atoms with Crippen molar-refractivity contribution in [3.05, 3.63) is 53.6 Å². The number of thioether (sulfide) groups is 1. The highest BCUT2D eigenvalue weighted by Crippen LogP contribution is 2.27. The normalized spacial score (nSPS) is 12.3. The summed E-state index contributed by atoms with van der Waals surface area (Å²) in [6.45, 7) is 6.04. The first kappa shape index (κ1) is 16.6. The maximum atomic E-state index is 12.7. The molecule has 0 bridgehead atoms. The molecule has 0 aliphatic rings. The molecule has 24 heavy (non-hydrogen) atoms. The van der Waals surface area contributed by atoms with Crippen LogP contribution >= 0.6 is 11.8 Å². The number of imidazole rings is 1. The number of amides is 1. The molecular weight excluding hydrogens is 318 g/mol. The fraction of sp³-hybridized carbons (Fsp3) is 0.263. The summed E-state index contributed by atoms with van der Waals surface area (Å²) in [5.74, 6) is 0.0108. The molecule has 0 saturated heterocycles. The van der Waals surface area contributed by atoms with Crippen LogP contribution in [-0.2, 0) is 4.79 Å². The highest BCUT2D eigenvalue weighted by Gasteiger charge is 2.20. The number of aromatic amines is 1. The summed E-state index contributed by atoms with van der Waals surface area (Å²) >= 11 is 1.47. The number of hydrogen-bond donors (Lipinski definition) is 2. The predicted molar refractivity (Wildman–Crippen MR) is 101 cm³/mol. The standard InChI is InChI=1S/C19H21N3OS/c1-4-17(18(23)20-16-11-12(2)9-10-13(16)3)24-19-21-14-7-5-6-8-15(14)22-19/h5-11,17H,4H2,1-3H3,(H,20,23)(H,21,22). The first-order valence-electron chi connectivity index (χ1n) is 8.06. The van der Waals surface area contributed by atoms with Crippen LogP contribution < -0.4 is 5.32 Å². The quantitative estimate of drug-likeness (QED) is 0.663. The van der Waals surface area contributed by atoms with Crippen LogP contribution in [0.4, 0.5) is 5.69 Å². The van der Waals surface area contributed by atoms with E-state index >= 15 is 0 Å². The molecule has 4 nitrogen and oxygen atoms in total. The smallest absolute Gasteiger partial charge is 0.237 e. The van der Waals surface area contributed by atoms with Crippen LogP contribution in [0.1, 0.15) is 24.5 Å². The number of aryl methyl sites for hydroxylation is 2. The molecule has 1 atom stereocenters. The number of rotatable bonds is 5. The van der Waals surface area contributed by atoms with E-state index in [1.807, 2.05) is 63.2 Å².